The molecule has 0 saturated heterocycles. The summed E-state index contributed by atoms with van der Waals surface area (Å²) in [6.07, 6.45) is 1.59. The van der Waals surface area contributed by atoms with Crippen LogP contribution in [-0.4, -0.2) is 43.6 Å². The Morgan fingerprint density at radius 3 is 1.37 bits per heavy atom. The third kappa shape index (κ3) is 12.7. The van der Waals surface area contributed by atoms with E-state index in [4.69, 9.17) is 47.6 Å². The van der Waals surface area contributed by atoms with Crippen molar-refractivity contribution in [1.82, 2.24) is 10.6 Å². The van der Waals surface area contributed by atoms with Crippen molar-refractivity contribution in [3.8, 4) is 0 Å². The molecule has 4 N–H and O–H groups in total. The standard InChI is InChI=1S/2C11H12ClN3O3S/c2*12-7-3-6-10(16)14-11(19)13-8-4-1-2-5-9(8)15(17)18/h2*1-2,4-5H,3,6-7H2,(H2,13,14,16,19). The van der Waals surface area contributed by atoms with Gasteiger partial charge in [0.1, 0.15) is 11.4 Å². The van der Waals surface area contributed by atoms with E-state index in [1.54, 1.807) is 24.3 Å². The van der Waals surface area contributed by atoms with E-state index in [2.05, 4.69) is 21.3 Å². The molecule has 2 rings (SSSR count). The molecule has 0 fully saturated rings. The number of nitrogens with zero attached hydrogens (tertiary/aromatic N) is 2. The number of carbonyl (C=O) groups is 2. The predicted octanol–water partition coefficient (Wildman–Crippen LogP) is 4.85. The molecule has 38 heavy (non-hydrogen) atoms. The van der Waals surface area contributed by atoms with E-state index < -0.39 is 9.85 Å². The lowest BCUT2D eigenvalue weighted by Crippen LogP contribution is -2.34. The Labute approximate surface area is 238 Å². The first-order chi connectivity index (χ1) is 18.1. The Kier molecular flexibility index (Phi) is 15.3. The number of rotatable bonds is 10. The smallest absolute Gasteiger partial charge is 0.292 e. The van der Waals surface area contributed by atoms with Crippen LogP contribution in [0.3, 0.4) is 0 Å². The van der Waals surface area contributed by atoms with Gasteiger partial charge < -0.3 is 21.3 Å². The van der Waals surface area contributed by atoms with E-state index >= 15 is 0 Å². The van der Waals surface area contributed by atoms with E-state index in [9.17, 15) is 29.8 Å². The van der Waals surface area contributed by atoms with Crippen molar-refractivity contribution in [2.75, 3.05) is 22.4 Å². The number of carbonyl (C=O) groups excluding carboxylic acids is 2. The average Bonchev–Trinajstić information content (AvgIpc) is 2.86. The van der Waals surface area contributed by atoms with Crippen molar-refractivity contribution < 1.29 is 19.4 Å². The molecule has 0 aliphatic carbocycles. The summed E-state index contributed by atoms with van der Waals surface area (Å²) in [4.78, 5) is 43.3. The van der Waals surface area contributed by atoms with Gasteiger partial charge >= 0.3 is 0 Å². The van der Waals surface area contributed by atoms with Gasteiger partial charge in [-0.2, -0.15) is 0 Å². The molecule has 0 saturated carbocycles. The maximum absolute atomic E-state index is 11.4. The van der Waals surface area contributed by atoms with Gasteiger partial charge in [-0.05, 0) is 49.4 Å². The number of benzene rings is 2. The second-order valence-electron chi connectivity index (χ2n) is 7.14. The topological polar surface area (TPSA) is 169 Å². The highest BCUT2D eigenvalue weighted by molar-refractivity contribution is 7.80. The number of anilines is 2. The maximum Gasteiger partial charge on any atom is 0.292 e. The third-order valence-electron chi connectivity index (χ3n) is 4.28. The zero-order valence-electron chi connectivity index (χ0n) is 19.8. The SMILES string of the molecule is O=C(CCCCl)NC(=S)Nc1ccccc1[N+](=O)[O-].O=C(CCCCl)NC(=S)Nc1ccccc1[N+](=O)[O-]. The fourth-order valence-electron chi connectivity index (χ4n) is 2.62. The van der Waals surface area contributed by atoms with Crippen LogP contribution in [-0.2, 0) is 9.59 Å². The number of hydrogen-bond acceptors (Lipinski definition) is 8. The molecule has 0 aliphatic heterocycles. The summed E-state index contributed by atoms with van der Waals surface area (Å²) in [5.74, 6) is 0.212. The summed E-state index contributed by atoms with van der Waals surface area (Å²) in [6.45, 7) is 0. The van der Waals surface area contributed by atoms with Gasteiger partial charge in [-0.15, -0.1) is 23.2 Å². The maximum atomic E-state index is 11.4. The molecule has 12 nitrogen and oxygen atoms in total. The molecule has 2 amide bonds. The predicted molar refractivity (Wildman–Crippen MR) is 155 cm³/mol. The van der Waals surface area contributed by atoms with Crippen LogP contribution in [0.15, 0.2) is 48.5 Å². The highest BCUT2D eigenvalue weighted by atomic mass is 35.5. The summed E-state index contributed by atoms with van der Waals surface area (Å²) < 4.78 is 0. The zero-order chi connectivity index (χ0) is 28.5. The van der Waals surface area contributed by atoms with Crippen molar-refractivity contribution in [3.63, 3.8) is 0 Å². The Morgan fingerprint density at radius 1 is 0.711 bits per heavy atom. The molecule has 204 valence electrons. The summed E-state index contributed by atoms with van der Waals surface area (Å²) >= 11 is 20.7. The van der Waals surface area contributed by atoms with Crippen molar-refractivity contribution in [1.29, 1.82) is 0 Å². The number of nitro groups is 2. The molecule has 0 radical (unpaired) electrons. The Hall–Kier alpha value is -3.46. The van der Waals surface area contributed by atoms with Crippen LogP contribution in [0.25, 0.3) is 0 Å². The van der Waals surface area contributed by atoms with E-state index in [0.29, 0.717) is 24.6 Å². The normalized spacial score (nSPS) is 9.74. The number of alkyl halides is 2. The van der Waals surface area contributed by atoms with Crippen LogP contribution in [0.5, 0.6) is 0 Å². The first-order valence-electron chi connectivity index (χ1n) is 10.9. The largest absolute Gasteiger partial charge is 0.327 e. The molecule has 0 aliphatic rings. The zero-order valence-corrected chi connectivity index (χ0v) is 22.9. The molecule has 0 atom stereocenters. The quantitative estimate of drug-likeness (QED) is 0.127. The Bertz CT molecular complexity index is 1080. The molecule has 0 bridgehead atoms. The van der Waals surface area contributed by atoms with Crippen LogP contribution in [0, 0.1) is 20.2 Å². The van der Waals surface area contributed by atoms with Gasteiger partial charge in [-0.1, -0.05) is 24.3 Å². The molecule has 2 aromatic carbocycles. The minimum absolute atomic E-state index is 0.0221. The number of para-hydroxylation sites is 4. The van der Waals surface area contributed by atoms with E-state index in [0.717, 1.165) is 0 Å². The minimum atomic E-state index is -0.528. The van der Waals surface area contributed by atoms with Crippen molar-refractivity contribution in [2.45, 2.75) is 25.7 Å². The van der Waals surface area contributed by atoms with Gasteiger partial charge in [0.15, 0.2) is 10.2 Å². The van der Waals surface area contributed by atoms with Crippen molar-refractivity contribution in [3.05, 3.63) is 68.8 Å². The van der Waals surface area contributed by atoms with E-state index in [1.807, 2.05) is 0 Å². The summed E-state index contributed by atoms with van der Waals surface area (Å²) in [5.41, 5.74) is 0.241. The lowest BCUT2D eigenvalue weighted by Gasteiger charge is -2.09. The molecule has 0 aromatic heterocycles. The van der Waals surface area contributed by atoms with Crippen LogP contribution in [0.1, 0.15) is 25.7 Å². The highest BCUT2D eigenvalue weighted by Gasteiger charge is 2.15. The molecular formula is C22H24Cl2N6O6S2. The van der Waals surface area contributed by atoms with Gasteiger partial charge in [-0.25, -0.2) is 0 Å². The van der Waals surface area contributed by atoms with Gasteiger partial charge in [0.2, 0.25) is 11.8 Å². The van der Waals surface area contributed by atoms with Crippen LogP contribution < -0.4 is 21.3 Å². The second-order valence-corrected chi connectivity index (χ2v) is 8.71. The molecular weight excluding hydrogens is 579 g/mol. The van der Waals surface area contributed by atoms with E-state index in [1.165, 1.54) is 24.3 Å². The van der Waals surface area contributed by atoms with Crippen LogP contribution >= 0.6 is 47.6 Å². The number of amides is 2. The average molecular weight is 604 g/mol. The van der Waals surface area contributed by atoms with Crippen molar-refractivity contribution in [2.24, 2.45) is 0 Å². The number of hydrogen-bond donors (Lipinski definition) is 4. The summed E-state index contributed by atoms with van der Waals surface area (Å²) in [7, 11) is 0. The first kappa shape index (κ1) is 32.6. The van der Waals surface area contributed by atoms with Gasteiger partial charge in [0, 0.05) is 36.7 Å². The Balaban J connectivity index is 0.000000380. The number of nitrogens with one attached hydrogen (secondary N) is 4. The third-order valence-corrected chi connectivity index (χ3v) is 5.22. The Morgan fingerprint density at radius 2 is 1.05 bits per heavy atom. The molecule has 2 aromatic rings. The van der Waals surface area contributed by atoms with Crippen molar-refractivity contribution >= 4 is 92.4 Å². The van der Waals surface area contributed by atoms with Gasteiger partial charge in [0.05, 0.1) is 9.85 Å². The molecule has 16 heteroatoms. The summed E-state index contributed by atoms with van der Waals surface area (Å²) in [6, 6.07) is 12.1. The fourth-order valence-corrected chi connectivity index (χ4v) is 3.33. The molecule has 0 spiro atoms. The molecule has 0 heterocycles. The van der Waals surface area contributed by atoms with Gasteiger partial charge in [-0.3, -0.25) is 29.8 Å². The fraction of sp³-hybridized carbons (Fsp3) is 0.273. The highest BCUT2D eigenvalue weighted by Crippen LogP contribution is 2.23. The first-order valence-corrected chi connectivity index (χ1v) is 12.8. The lowest BCUT2D eigenvalue weighted by atomic mass is 10.3. The number of halogens is 2. The van der Waals surface area contributed by atoms with Gasteiger partial charge in [0.25, 0.3) is 11.4 Å². The number of thiocarbonyl (C=S) groups is 2. The second kappa shape index (κ2) is 17.9. The van der Waals surface area contributed by atoms with Crippen LogP contribution in [0.2, 0.25) is 0 Å². The minimum Gasteiger partial charge on any atom is -0.327 e. The number of nitro benzene ring substituents is 2. The summed E-state index contributed by atoms with van der Waals surface area (Å²) in [5, 5.41) is 31.7. The van der Waals surface area contributed by atoms with Crippen LogP contribution in [0.4, 0.5) is 22.7 Å². The molecule has 0 unspecified atom stereocenters. The monoisotopic (exact) mass is 602 g/mol. The lowest BCUT2D eigenvalue weighted by molar-refractivity contribution is -0.384. The van der Waals surface area contributed by atoms with E-state index in [-0.39, 0.29) is 57.6 Å².